The maximum absolute atomic E-state index is 13.7. The number of rotatable bonds is 5. The fourth-order valence-corrected chi connectivity index (χ4v) is 1.91. The van der Waals surface area contributed by atoms with Crippen molar-refractivity contribution in [2.75, 3.05) is 17.7 Å². The first-order valence-corrected chi connectivity index (χ1v) is 6.29. The number of nitrogens with one attached hydrogen (secondary N) is 2. The zero-order valence-corrected chi connectivity index (χ0v) is 11.1. The summed E-state index contributed by atoms with van der Waals surface area (Å²) in [6, 6.07) is 6.55. The molecule has 2 N–H and O–H groups in total. The van der Waals surface area contributed by atoms with Gasteiger partial charge in [-0.15, -0.1) is 0 Å². The molecule has 1 heterocycles. The first kappa shape index (κ1) is 13.3. The summed E-state index contributed by atoms with van der Waals surface area (Å²) in [5, 5.41) is 6.07. The van der Waals surface area contributed by atoms with Crippen molar-refractivity contribution in [2.45, 2.75) is 19.8 Å². The summed E-state index contributed by atoms with van der Waals surface area (Å²) in [4.78, 5) is 8.40. The van der Waals surface area contributed by atoms with E-state index in [9.17, 15) is 4.39 Å². The SMILES string of the molecule is CCCc1c(NC)ncnc1Nc1ccccc1F. The van der Waals surface area contributed by atoms with Gasteiger partial charge in [0.25, 0.3) is 0 Å². The quantitative estimate of drug-likeness (QED) is 0.865. The molecule has 0 atom stereocenters. The molecule has 0 bridgehead atoms. The van der Waals surface area contributed by atoms with Crippen LogP contribution in [0.3, 0.4) is 0 Å². The lowest BCUT2D eigenvalue weighted by atomic mass is 10.1. The van der Waals surface area contributed by atoms with Gasteiger partial charge in [-0.1, -0.05) is 25.5 Å². The van der Waals surface area contributed by atoms with Crippen molar-refractivity contribution < 1.29 is 4.39 Å². The molecule has 0 fully saturated rings. The molecule has 1 aromatic heterocycles. The summed E-state index contributed by atoms with van der Waals surface area (Å²) < 4.78 is 13.7. The topological polar surface area (TPSA) is 49.8 Å². The van der Waals surface area contributed by atoms with Crippen LogP contribution < -0.4 is 10.6 Å². The highest BCUT2D eigenvalue weighted by Gasteiger charge is 2.11. The molecular formula is C14H17FN4. The lowest BCUT2D eigenvalue weighted by molar-refractivity contribution is 0.631. The van der Waals surface area contributed by atoms with Crippen LogP contribution in [0.1, 0.15) is 18.9 Å². The van der Waals surface area contributed by atoms with Crippen LogP contribution in [0, 0.1) is 5.82 Å². The number of hydrogen-bond acceptors (Lipinski definition) is 4. The number of halogens is 1. The van der Waals surface area contributed by atoms with Crippen LogP contribution in [0.5, 0.6) is 0 Å². The zero-order chi connectivity index (χ0) is 13.7. The minimum absolute atomic E-state index is 0.297. The second kappa shape index (κ2) is 6.13. The fourth-order valence-electron chi connectivity index (χ4n) is 1.91. The van der Waals surface area contributed by atoms with Gasteiger partial charge >= 0.3 is 0 Å². The van der Waals surface area contributed by atoms with Gasteiger partial charge in [0.05, 0.1) is 5.69 Å². The Morgan fingerprint density at radius 3 is 2.58 bits per heavy atom. The molecule has 1 aromatic carbocycles. The van der Waals surface area contributed by atoms with Crippen LogP contribution in [0.15, 0.2) is 30.6 Å². The minimum Gasteiger partial charge on any atom is -0.373 e. The maximum atomic E-state index is 13.7. The van der Waals surface area contributed by atoms with Gasteiger partial charge in [-0.3, -0.25) is 0 Å². The Morgan fingerprint density at radius 2 is 1.89 bits per heavy atom. The number of aromatic nitrogens is 2. The molecule has 0 unspecified atom stereocenters. The summed E-state index contributed by atoms with van der Waals surface area (Å²) in [5.41, 5.74) is 1.39. The van der Waals surface area contributed by atoms with Crippen LogP contribution >= 0.6 is 0 Å². The van der Waals surface area contributed by atoms with Crippen molar-refractivity contribution in [3.63, 3.8) is 0 Å². The average molecular weight is 260 g/mol. The van der Waals surface area contributed by atoms with E-state index in [1.165, 1.54) is 12.4 Å². The molecule has 2 aromatic rings. The third kappa shape index (κ3) is 2.99. The van der Waals surface area contributed by atoms with E-state index in [1.807, 2.05) is 7.05 Å². The summed E-state index contributed by atoms with van der Waals surface area (Å²) >= 11 is 0. The van der Waals surface area contributed by atoms with Crippen molar-refractivity contribution in [1.29, 1.82) is 0 Å². The van der Waals surface area contributed by atoms with Crippen LogP contribution in [0.2, 0.25) is 0 Å². The summed E-state index contributed by atoms with van der Waals surface area (Å²) in [5.74, 6) is 1.12. The fraction of sp³-hybridized carbons (Fsp3) is 0.286. The molecule has 4 nitrogen and oxygen atoms in total. The average Bonchev–Trinajstić information content (AvgIpc) is 2.43. The Morgan fingerprint density at radius 1 is 1.16 bits per heavy atom. The van der Waals surface area contributed by atoms with Gasteiger partial charge in [0, 0.05) is 12.6 Å². The predicted octanol–water partition coefficient (Wildman–Crippen LogP) is 3.35. The molecule has 2 rings (SSSR count). The van der Waals surface area contributed by atoms with E-state index in [-0.39, 0.29) is 5.82 Å². The van der Waals surface area contributed by atoms with Crippen LogP contribution in [-0.2, 0) is 6.42 Å². The van der Waals surface area contributed by atoms with Crippen LogP contribution in [0.25, 0.3) is 0 Å². The van der Waals surface area contributed by atoms with Gasteiger partial charge in [-0.25, -0.2) is 14.4 Å². The Kier molecular flexibility index (Phi) is 4.28. The van der Waals surface area contributed by atoms with E-state index < -0.39 is 0 Å². The Balaban J connectivity index is 2.37. The first-order valence-electron chi connectivity index (χ1n) is 6.29. The molecule has 0 aliphatic heterocycles. The molecule has 0 spiro atoms. The van der Waals surface area contributed by atoms with Gasteiger partial charge in [0.1, 0.15) is 23.8 Å². The lowest BCUT2D eigenvalue weighted by Crippen LogP contribution is -2.06. The van der Waals surface area contributed by atoms with Crippen molar-refractivity contribution in [1.82, 2.24) is 9.97 Å². The highest BCUT2D eigenvalue weighted by Crippen LogP contribution is 2.25. The molecule has 0 aliphatic carbocycles. The molecule has 0 saturated heterocycles. The molecule has 0 radical (unpaired) electrons. The van der Waals surface area contributed by atoms with Crippen molar-refractivity contribution >= 4 is 17.3 Å². The zero-order valence-electron chi connectivity index (χ0n) is 11.1. The van der Waals surface area contributed by atoms with Crippen molar-refractivity contribution in [3.05, 3.63) is 42.0 Å². The third-order valence-corrected chi connectivity index (χ3v) is 2.81. The smallest absolute Gasteiger partial charge is 0.146 e. The van der Waals surface area contributed by atoms with E-state index in [0.29, 0.717) is 11.5 Å². The monoisotopic (exact) mass is 260 g/mol. The summed E-state index contributed by atoms with van der Waals surface area (Å²) in [6.45, 7) is 2.08. The highest BCUT2D eigenvalue weighted by molar-refractivity contribution is 5.65. The predicted molar refractivity (Wildman–Crippen MR) is 75.3 cm³/mol. The normalized spacial score (nSPS) is 10.3. The first-order chi connectivity index (χ1) is 9.26. The molecule has 5 heteroatoms. The Labute approximate surface area is 112 Å². The van der Waals surface area contributed by atoms with E-state index in [2.05, 4.69) is 27.5 Å². The number of nitrogens with zero attached hydrogens (tertiary/aromatic N) is 2. The molecule has 100 valence electrons. The second-order valence-corrected chi connectivity index (χ2v) is 4.15. The molecule has 0 amide bonds. The largest absolute Gasteiger partial charge is 0.373 e. The summed E-state index contributed by atoms with van der Waals surface area (Å²) in [6.07, 6.45) is 3.26. The number of anilines is 3. The van der Waals surface area contributed by atoms with Crippen LogP contribution in [0.4, 0.5) is 21.7 Å². The third-order valence-electron chi connectivity index (χ3n) is 2.81. The van der Waals surface area contributed by atoms with E-state index >= 15 is 0 Å². The Bertz CT molecular complexity index is 557. The Hall–Kier alpha value is -2.17. The van der Waals surface area contributed by atoms with Crippen molar-refractivity contribution in [2.24, 2.45) is 0 Å². The number of benzene rings is 1. The van der Waals surface area contributed by atoms with E-state index in [0.717, 1.165) is 24.2 Å². The lowest BCUT2D eigenvalue weighted by Gasteiger charge is -2.13. The van der Waals surface area contributed by atoms with E-state index in [1.54, 1.807) is 18.2 Å². The molecule has 0 aliphatic rings. The van der Waals surface area contributed by atoms with E-state index in [4.69, 9.17) is 0 Å². The highest BCUT2D eigenvalue weighted by atomic mass is 19.1. The second-order valence-electron chi connectivity index (χ2n) is 4.15. The van der Waals surface area contributed by atoms with Crippen molar-refractivity contribution in [3.8, 4) is 0 Å². The van der Waals surface area contributed by atoms with Gasteiger partial charge in [-0.05, 0) is 18.6 Å². The minimum atomic E-state index is -0.297. The standard InChI is InChI=1S/C14H17FN4/c1-3-6-10-13(16-2)17-9-18-14(10)19-12-8-5-4-7-11(12)15/h4-5,7-9H,3,6H2,1-2H3,(H2,16,17,18,19). The molecular weight excluding hydrogens is 243 g/mol. The van der Waals surface area contributed by atoms with Gasteiger partial charge in [0.2, 0.25) is 0 Å². The number of para-hydroxylation sites is 1. The number of hydrogen-bond donors (Lipinski definition) is 2. The maximum Gasteiger partial charge on any atom is 0.146 e. The summed E-state index contributed by atoms with van der Waals surface area (Å²) in [7, 11) is 1.81. The van der Waals surface area contributed by atoms with Crippen LogP contribution in [-0.4, -0.2) is 17.0 Å². The van der Waals surface area contributed by atoms with Gasteiger partial charge in [0.15, 0.2) is 0 Å². The van der Waals surface area contributed by atoms with Gasteiger partial charge in [-0.2, -0.15) is 0 Å². The van der Waals surface area contributed by atoms with Gasteiger partial charge < -0.3 is 10.6 Å². The molecule has 19 heavy (non-hydrogen) atoms. The molecule has 0 saturated carbocycles.